The Morgan fingerprint density at radius 2 is 1.61 bits per heavy atom. The number of anilines is 5. The number of nitrogens with zero attached hydrogens (tertiary/aromatic N) is 3. The van der Waals surface area contributed by atoms with Gasteiger partial charge in [0.2, 0.25) is 17.8 Å². The molecule has 23 heavy (non-hydrogen) atoms. The average Bonchev–Trinajstić information content (AvgIpc) is 2.53. The monoisotopic (exact) mass is 307 g/mol. The molecule has 0 saturated heterocycles. The Hall–Kier alpha value is -3.35. The molecule has 7 nitrogen and oxygen atoms in total. The lowest BCUT2D eigenvalue weighted by atomic mass is 10.2. The second-order valence-corrected chi connectivity index (χ2v) is 4.93. The molecule has 0 amide bonds. The molecule has 6 N–H and O–H groups in total. The Kier molecular flexibility index (Phi) is 4.19. The molecule has 3 rings (SSSR count). The maximum absolute atomic E-state index is 5.75. The number of nitrogens with two attached hydrogens (primary N) is 2. The van der Waals surface area contributed by atoms with E-state index in [1.54, 1.807) is 12.1 Å². The van der Waals surface area contributed by atoms with Crippen molar-refractivity contribution < 1.29 is 0 Å². The fraction of sp³-hybridized carbons (Fsp3) is 0.0625. The van der Waals surface area contributed by atoms with E-state index in [2.05, 4.69) is 25.6 Å². The van der Waals surface area contributed by atoms with Gasteiger partial charge in [0.05, 0.1) is 0 Å². The summed E-state index contributed by atoms with van der Waals surface area (Å²) in [6.45, 7) is 0.599. The zero-order valence-corrected chi connectivity index (χ0v) is 12.4. The molecular formula is C16H17N7. The first kappa shape index (κ1) is 14.6. The van der Waals surface area contributed by atoms with Gasteiger partial charge in [-0.15, -0.1) is 0 Å². The normalized spacial score (nSPS) is 10.3. The number of hydrogen-bond donors (Lipinski definition) is 4. The first-order valence-corrected chi connectivity index (χ1v) is 7.11. The van der Waals surface area contributed by atoms with Gasteiger partial charge in [0.15, 0.2) is 0 Å². The molecule has 1 heterocycles. The van der Waals surface area contributed by atoms with E-state index in [0.717, 1.165) is 11.3 Å². The van der Waals surface area contributed by atoms with Crippen LogP contribution in [0.4, 0.5) is 29.2 Å². The van der Waals surface area contributed by atoms with Crippen molar-refractivity contribution in [2.24, 2.45) is 0 Å². The summed E-state index contributed by atoms with van der Waals surface area (Å²) in [5, 5.41) is 6.19. The van der Waals surface area contributed by atoms with Crippen LogP contribution in [-0.4, -0.2) is 15.0 Å². The predicted molar refractivity (Wildman–Crippen MR) is 92.1 cm³/mol. The van der Waals surface area contributed by atoms with Crippen LogP contribution < -0.4 is 22.1 Å². The minimum absolute atomic E-state index is 0.141. The molecule has 7 heteroatoms. The molecule has 2 aromatic carbocycles. The molecule has 0 aliphatic carbocycles. The van der Waals surface area contributed by atoms with Crippen molar-refractivity contribution in [1.29, 1.82) is 0 Å². The van der Waals surface area contributed by atoms with Gasteiger partial charge in [0.25, 0.3) is 0 Å². The topological polar surface area (TPSA) is 115 Å². The number of nitrogens with one attached hydrogen (secondary N) is 2. The first-order chi connectivity index (χ1) is 11.2. The van der Waals surface area contributed by atoms with Crippen molar-refractivity contribution in [2.75, 3.05) is 22.1 Å². The van der Waals surface area contributed by atoms with E-state index in [4.69, 9.17) is 11.5 Å². The van der Waals surface area contributed by atoms with E-state index >= 15 is 0 Å². The van der Waals surface area contributed by atoms with Crippen LogP contribution in [0.3, 0.4) is 0 Å². The number of benzene rings is 2. The van der Waals surface area contributed by atoms with Crippen LogP contribution in [-0.2, 0) is 6.54 Å². The minimum atomic E-state index is 0.141. The third-order valence-electron chi connectivity index (χ3n) is 3.09. The molecule has 116 valence electrons. The number of hydrogen-bond acceptors (Lipinski definition) is 7. The van der Waals surface area contributed by atoms with Crippen LogP contribution in [0.1, 0.15) is 5.56 Å². The maximum Gasteiger partial charge on any atom is 0.233 e. The third-order valence-corrected chi connectivity index (χ3v) is 3.09. The third kappa shape index (κ3) is 4.07. The summed E-state index contributed by atoms with van der Waals surface area (Å²) in [4.78, 5) is 12.5. The summed E-state index contributed by atoms with van der Waals surface area (Å²) < 4.78 is 0. The summed E-state index contributed by atoms with van der Waals surface area (Å²) in [5.74, 6) is 0.911. The smallest absolute Gasteiger partial charge is 0.233 e. The Morgan fingerprint density at radius 1 is 0.826 bits per heavy atom. The van der Waals surface area contributed by atoms with Gasteiger partial charge >= 0.3 is 0 Å². The van der Waals surface area contributed by atoms with E-state index in [9.17, 15) is 0 Å². The zero-order chi connectivity index (χ0) is 16.1. The summed E-state index contributed by atoms with van der Waals surface area (Å²) in [6, 6.07) is 17.3. The number of rotatable bonds is 5. The Balaban J connectivity index is 1.73. The minimum Gasteiger partial charge on any atom is -0.399 e. The summed E-state index contributed by atoms with van der Waals surface area (Å²) >= 11 is 0. The van der Waals surface area contributed by atoms with Gasteiger partial charge in [-0.25, -0.2) is 0 Å². The Morgan fingerprint density at radius 3 is 2.39 bits per heavy atom. The van der Waals surface area contributed by atoms with Crippen molar-refractivity contribution in [3.63, 3.8) is 0 Å². The molecule has 0 spiro atoms. The fourth-order valence-corrected chi connectivity index (χ4v) is 2.05. The van der Waals surface area contributed by atoms with Crippen molar-refractivity contribution in [3.8, 4) is 0 Å². The second-order valence-electron chi connectivity index (χ2n) is 4.93. The molecule has 0 aliphatic rings. The van der Waals surface area contributed by atoms with Gasteiger partial charge < -0.3 is 22.1 Å². The van der Waals surface area contributed by atoms with Crippen LogP contribution in [0.25, 0.3) is 0 Å². The lowest BCUT2D eigenvalue weighted by Crippen LogP contribution is -2.09. The molecule has 0 unspecified atom stereocenters. The van der Waals surface area contributed by atoms with Crippen LogP contribution >= 0.6 is 0 Å². The summed E-state index contributed by atoms with van der Waals surface area (Å²) in [5.41, 5.74) is 14.1. The molecule has 0 radical (unpaired) electrons. The predicted octanol–water partition coefficient (Wildman–Crippen LogP) is 2.39. The lowest BCUT2D eigenvalue weighted by molar-refractivity contribution is 1.02. The average molecular weight is 307 g/mol. The molecule has 3 aromatic rings. The highest BCUT2D eigenvalue weighted by molar-refractivity contribution is 5.60. The van der Waals surface area contributed by atoms with Crippen molar-refractivity contribution in [1.82, 2.24) is 15.0 Å². The van der Waals surface area contributed by atoms with Gasteiger partial charge in [0, 0.05) is 17.9 Å². The quantitative estimate of drug-likeness (QED) is 0.535. The highest BCUT2D eigenvalue weighted by atomic mass is 15.2. The van der Waals surface area contributed by atoms with Gasteiger partial charge in [-0.3, -0.25) is 0 Å². The molecule has 0 atom stereocenters. The zero-order valence-electron chi connectivity index (χ0n) is 12.4. The van der Waals surface area contributed by atoms with Crippen molar-refractivity contribution in [3.05, 3.63) is 60.2 Å². The fourth-order valence-electron chi connectivity index (χ4n) is 2.05. The Labute approximate surface area is 133 Å². The van der Waals surface area contributed by atoms with Crippen LogP contribution in [0.2, 0.25) is 0 Å². The maximum atomic E-state index is 5.75. The summed E-state index contributed by atoms with van der Waals surface area (Å²) in [7, 11) is 0. The van der Waals surface area contributed by atoms with E-state index in [0.29, 0.717) is 24.1 Å². The van der Waals surface area contributed by atoms with Gasteiger partial charge in [-0.05, 0) is 23.8 Å². The molecule has 0 saturated carbocycles. The van der Waals surface area contributed by atoms with E-state index in [-0.39, 0.29) is 5.95 Å². The van der Waals surface area contributed by atoms with Crippen molar-refractivity contribution in [2.45, 2.75) is 6.54 Å². The van der Waals surface area contributed by atoms with E-state index in [1.165, 1.54) is 0 Å². The van der Waals surface area contributed by atoms with Crippen LogP contribution in [0, 0.1) is 0 Å². The Bertz CT molecular complexity index is 789. The number of nitrogen functional groups attached to an aromatic ring is 2. The molecule has 0 aliphatic heterocycles. The molecule has 1 aromatic heterocycles. The highest BCUT2D eigenvalue weighted by Crippen LogP contribution is 2.17. The highest BCUT2D eigenvalue weighted by Gasteiger charge is 2.05. The largest absolute Gasteiger partial charge is 0.399 e. The van der Waals surface area contributed by atoms with E-state index < -0.39 is 0 Å². The number of aromatic nitrogens is 3. The van der Waals surface area contributed by atoms with Gasteiger partial charge in [-0.2, -0.15) is 15.0 Å². The first-order valence-electron chi connectivity index (χ1n) is 7.11. The van der Waals surface area contributed by atoms with Crippen LogP contribution in [0.5, 0.6) is 0 Å². The SMILES string of the molecule is Nc1cccc(Nc2nc(N)nc(NCc3ccccc3)n2)c1. The molecule has 0 bridgehead atoms. The van der Waals surface area contributed by atoms with E-state index in [1.807, 2.05) is 42.5 Å². The molecule has 0 fully saturated rings. The summed E-state index contributed by atoms with van der Waals surface area (Å²) in [6.07, 6.45) is 0. The van der Waals surface area contributed by atoms with Gasteiger partial charge in [-0.1, -0.05) is 36.4 Å². The van der Waals surface area contributed by atoms with Crippen molar-refractivity contribution >= 4 is 29.2 Å². The molecular weight excluding hydrogens is 290 g/mol. The lowest BCUT2D eigenvalue weighted by Gasteiger charge is -2.09. The van der Waals surface area contributed by atoms with Crippen LogP contribution in [0.15, 0.2) is 54.6 Å². The standard InChI is InChI=1S/C16H17N7/c17-12-7-4-8-13(9-12)20-16-22-14(18)21-15(23-16)19-10-11-5-2-1-3-6-11/h1-9H,10,17H2,(H4,18,19,20,21,22,23). The second kappa shape index (κ2) is 6.61. The van der Waals surface area contributed by atoms with Gasteiger partial charge in [0.1, 0.15) is 0 Å².